The van der Waals surface area contributed by atoms with Gasteiger partial charge in [0.05, 0.1) is 23.2 Å². The number of fused-ring (bicyclic) bond motifs is 2. The monoisotopic (exact) mass is 530 g/mol. The van der Waals surface area contributed by atoms with Gasteiger partial charge < -0.3 is 10.2 Å². The summed E-state index contributed by atoms with van der Waals surface area (Å²) in [7, 11) is 0. The first-order chi connectivity index (χ1) is 19.0. The number of nitrogens with one attached hydrogen (secondary N) is 1. The van der Waals surface area contributed by atoms with Crippen LogP contribution < -0.4 is 10.2 Å². The zero-order valence-corrected chi connectivity index (χ0v) is 22.7. The molecule has 1 atom stereocenters. The van der Waals surface area contributed by atoms with E-state index in [-0.39, 0.29) is 17.9 Å². The summed E-state index contributed by atoms with van der Waals surface area (Å²) in [5, 5.41) is 3.26. The summed E-state index contributed by atoms with van der Waals surface area (Å²) in [4.78, 5) is 30.8. The number of amides is 2. The van der Waals surface area contributed by atoms with Crippen LogP contribution in [0.15, 0.2) is 107 Å². The van der Waals surface area contributed by atoms with Crippen molar-refractivity contribution < 1.29 is 9.59 Å². The smallest absolute Gasteiger partial charge is 0.265 e. The van der Waals surface area contributed by atoms with E-state index in [4.69, 9.17) is 0 Å². The van der Waals surface area contributed by atoms with E-state index in [2.05, 4.69) is 42.6 Å². The summed E-state index contributed by atoms with van der Waals surface area (Å²) in [6.07, 6.45) is 4.97. The van der Waals surface area contributed by atoms with Gasteiger partial charge in [-0.2, -0.15) is 0 Å². The highest BCUT2D eigenvalue weighted by atomic mass is 32.2. The summed E-state index contributed by atoms with van der Waals surface area (Å²) in [6.45, 7) is 2.49. The molecule has 0 bridgehead atoms. The van der Waals surface area contributed by atoms with Crippen molar-refractivity contribution in [2.75, 3.05) is 4.90 Å². The van der Waals surface area contributed by atoms with Gasteiger partial charge in [0.2, 0.25) is 0 Å². The number of benzene rings is 4. The average molecular weight is 531 g/mol. The van der Waals surface area contributed by atoms with Gasteiger partial charge in [0, 0.05) is 10.5 Å². The molecule has 0 unspecified atom stereocenters. The normalized spacial score (nSPS) is 17.5. The van der Waals surface area contributed by atoms with E-state index in [1.807, 2.05) is 77.7 Å². The van der Waals surface area contributed by atoms with Crippen molar-refractivity contribution in [3.05, 3.63) is 135 Å². The van der Waals surface area contributed by atoms with Crippen LogP contribution in [0.5, 0.6) is 0 Å². The third kappa shape index (κ3) is 5.41. The maximum absolute atomic E-state index is 13.9. The van der Waals surface area contributed by atoms with Gasteiger partial charge in [0.1, 0.15) is 0 Å². The number of hydrogen-bond acceptors (Lipinski definition) is 3. The third-order valence-electron chi connectivity index (χ3n) is 7.38. The van der Waals surface area contributed by atoms with Crippen LogP contribution in [-0.2, 0) is 17.8 Å². The number of thioether (sulfide) groups is 1. The average Bonchev–Trinajstić information content (AvgIpc) is 2.96. The molecular weight excluding hydrogens is 500 g/mol. The van der Waals surface area contributed by atoms with Crippen molar-refractivity contribution in [3.63, 3.8) is 0 Å². The number of rotatable bonds is 5. The number of anilines is 1. The summed E-state index contributed by atoms with van der Waals surface area (Å²) in [6, 6.07) is 32.2. The lowest BCUT2D eigenvalue weighted by Crippen LogP contribution is -2.34. The Morgan fingerprint density at radius 3 is 2.64 bits per heavy atom. The van der Waals surface area contributed by atoms with Gasteiger partial charge in [-0.25, -0.2) is 0 Å². The molecule has 6 rings (SSSR count). The van der Waals surface area contributed by atoms with E-state index >= 15 is 0 Å². The second kappa shape index (κ2) is 11.0. The quantitative estimate of drug-likeness (QED) is 0.272. The molecule has 0 spiro atoms. The molecule has 1 heterocycles. The van der Waals surface area contributed by atoms with Gasteiger partial charge in [-0.1, -0.05) is 96.2 Å². The highest BCUT2D eigenvalue weighted by Crippen LogP contribution is 2.43. The van der Waals surface area contributed by atoms with Gasteiger partial charge in [-0.3, -0.25) is 9.59 Å². The third-order valence-corrected chi connectivity index (χ3v) is 8.46. The maximum Gasteiger partial charge on any atom is 0.265 e. The van der Waals surface area contributed by atoms with Gasteiger partial charge >= 0.3 is 0 Å². The van der Waals surface area contributed by atoms with E-state index in [1.165, 1.54) is 22.9 Å². The zero-order chi connectivity index (χ0) is 26.8. The maximum atomic E-state index is 13.9. The molecule has 0 saturated carbocycles. The van der Waals surface area contributed by atoms with Crippen molar-refractivity contribution in [3.8, 4) is 0 Å². The van der Waals surface area contributed by atoms with Crippen molar-refractivity contribution in [1.29, 1.82) is 0 Å². The first kappa shape index (κ1) is 25.2. The molecule has 2 amide bonds. The molecule has 0 saturated heterocycles. The van der Waals surface area contributed by atoms with Gasteiger partial charge in [0.15, 0.2) is 0 Å². The summed E-state index contributed by atoms with van der Waals surface area (Å²) >= 11 is 1.46. The lowest BCUT2D eigenvalue weighted by Gasteiger charge is -2.31. The Labute approximate surface area is 233 Å². The molecule has 1 N–H and O–H groups in total. The fourth-order valence-electron chi connectivity index (χ4n) is 5.45. The van der Waals surface area contributed by atoms with Crippen LogP contribution in [0.25, 0.3) is 6.08 Å². The Kier molecular flexibility index (Phi) is 7.08. The Balaban J connectivity index is 1.33. The molecule has 4 aromatic carbocycles. The number of aryl methyl sites for hydroxylation is 2. The van der Waals surface area contributed by atoms with Crippen molar-refractivity contribution in [2.45, 2.75) is 43.7 Å². The van der Waals surface area contributed by atoms with E-state index in [0.717, 1.165) is 46.5 Å². The molecule has 0 fully saturated rings. The van der Waals surface area contributed by atoms with Gasteiger partial charge in [-0.15, -0.1) is 0 Å². The number of carbonyl (C=O) groups is 2. The lowest BCUT2D eigenvalue weighted by atomic mass is 9.87. The molecule has 2 aliphatic rings. The second-order valence-electron chi connectivity index (χ2n) is 10.2. The van der Waals surface area contributed by atoms with Crippen LogP contribution in [0.1, 0.15) is 57.1 Å². The molecule has 5 heteroatoms. The predicted molar refractivity (Wildman–Crippen MR) is 159 cm³/mol. The molecule has 4 nitrogen and oxygen atoms in total. The Morgan fingerprint density at radius 2 is 1.79 bits per heavy atom. The van der Waals surface area contributed by atoms with E-state index in [1.54, 1.807) is 0 Å². The minimum atomic E-state index is -0.113. The number of nitrogens with zero attached hydrogens (tertiary/aromatic N) is 1. The van der Waals surface area contributed by atoms with Gasteiger partial charge in [-0.05, 0) is 72.7 Å². The second-order valence-corrected chi connectivity index (χ2v) is 11.3. The van der Waals surface area contributed by atoms with Crippen LogP contribution >= 0.6 is 11.8 Å². The van der Waals surface area contributed by atoms with E-state index in [9.17, 15) is 9.59 Å². The first-order valence-corrected chi connectivity index (χ1v) is 14.2. The molecule has 0 radical (unpaired) electrons. The molecular formula is C34H30N2O2S. The Hall–Kier alpha value is -4.09. The predicted octanol–water partition coefficient (Wildman–Crippen LogP) is 7.48. The van der Waals surface area contributed by atoms with Crippen LogP contribution in [-0.4, -0.2) is 11.8 Å². The molecule has 4 aromatic rings. The minimum Gasteiger partial charge on any atom is -0.345 e. The SMILES string of the molecule is Cc1cccc(CN2C(=O)/C(=C/c3ccccc3)Sc3ccc(C(=O)N[C@@H]4CCCc5ccccc54)cc32)c1. The van der Waals surface area contributed by atoms with E-state index < -0.39 is 0 Å². The fourth-order valence-corrected chi connectivity index (χ4v) is 6.49. The Bertz CT molecular complexity index is 1580. The summed E-state index contributed by atoms with van der Waals surface area (Å²) in [5.41, 5.74) is 7.03. The number of hydrogen-bond donors (Lipinski definition) is 1. The van der Waals surface area contributed by atoms with E-state index in [0.29, 0.717) is 17.0 Å². The molecule has 39 heavy (non-hydrogen) atoms. The topological polar surface area (TPSA) is 49.4 Å². The summed E-state index contributed by atoms with van der Waals surface area (Å²) in [5.74, 6) is -0.172. The van der Waals surface area contributed by atoms with Crippen LogP contribution in [0, 0.1) is 6.92 Å². The van der Waals surface area contributed by atoms with Crippen molar-refractivity contribution in [1.82, 2.24) is 5.32 Å². The van der Waals surface area contributed by atoms with Crippen molar-refractivity contribution >= 4 is 35.3 Å². The fraction of sp³-hybridized carbons (Fsp3) is 0.176. The highest BCUT2D eigenvalue weighted by molar-refractivity contribution is 8.04. The zero-order valence-electron chi connectivity index (χ0n) is 21.9. The highest BCUT2D eigenvalue weighted by Gasteiger charge is 2.31. The summed E-state index contributed by atoms with van der Waals surface area (Å²) < 4.78 is 0. The van der Waals surface area contributed by atoms with Crippen LogP contribution in [0.3, 0.4) is 0 Å². The molecule has 194 valence electrons. The Morgan fingerprint density at radius 1 is 0.974 bits per heavy atom. The standard InChI is InChI=1S/C34H30N2O2S/c1-23-9-7-12-25(19-23)22-36-30-21-27(33(37)35-29-16-8-14-26-13-5-6-15-28(26)29)17-18-31(30)39-32(34(36)38)20-24-10-3-2-4-11-24/h2-7,9-13,15,17-21,29H,8,14,16,22H2,1H3,(H,35,37)/b32-20-/t29-/m1/s1. The molecule has 1 aliphatic carbocycles. The first-order valence-electron chi connectivity index (χ1n) is 13.4. The van der Waals surface area contributed by atoms with Crippen LogP contribution in [0.2, 0.25) is 0 Å². The minimum absolute atomic E-state index is 0.00158. The number of carbonyl (C=O) groups excluding carboxylic acids is 2. The molecule has 0 aromatic heterocycles. The van der Waals surface area contributed by atoms with Gasteiger partial charge in [0.25, 0.3) is 11.8 Å². The largest absolute Gasteiger partial charge is 0.345 e. The van der Waals surface area contributed by atoms with Crippen molar-refractivity contribution in [2.24, 2.45) is 0 Å². The lowest BCUT2D eigenvalue weighted by molar-refractivity contribution is -0.114. The molecule has 1 aliphatic heterocycles. The van der Waals surface area contributed by atoms with Crippen LogP contribution in [0.4, 0.5) is 5.69 Å².